The molecule has 1 aliphatic heterocycles. The molecule has 110 valence electrons. The van der Waals surface area contributed by atoms with Gasteiger partial charge in [-0.2, -0.15) is 16.9 Å². The lowest BCUT2D eigenvalue weighted by Crippen LogP contribution is -2.18. The third-order valence-corrected chi connectivity index (χ3v) is 5.75. The number of nitrogens with zero attached hydrogens (tertiary/aromatic N) is 2. The van der Waals surface area contributed by atoms with Gasteiger partial charge in [-0.05, 0) is 23.8 Å². The number of hydrogen-bond donors (Lipinski definition) is 2. The Kier molecular flexibility index (Phi) is 4.01. The van der Waals surface area contributed by atoms with E-state index in [0.29, 0.717) is 11.4 Å². The fourth-order valence-corrected chi connectivity index (χ4v) is 4.61. The van der Waals surface area contributed by atoms with Crippen LogP contribution in [0.3, 0.4) is 0 Å². The molecule has 1 aliphatic rings. The number of thiocarbonyl (C=S) groups is 1. The number of carbonyl (C=O) groups excluding carboxylic acids is 1. The summed E-state index contributed by atoms with van der Waals surface area (Å²) >= 11 is 8.45. The summed E-state index contributed by atoms with van der Waals surface area (Å²) in [6.07, 6.45) is 2.61. The van der Waals surface area contributed by atoms with Crippen LogP contribution >= 0.6 is 35.3 Å². The van der Waals surface area contributed by atoms with Gasteiger partial charge >= 0.3 is 0 Å². The fraction of sp³-hybridized carbons (Fsp3) is 0.308. The molecule has 2 aromatic rings. The number of nitrogens with one attached hydrogen (secondary N) is 1. The molecule has 0 fully saturated rings. The first-order valence-corrected chi connectivity index (χ1v) is 8.76. The number of rotatable bonds is 3. The van der Waals surface area contributed by atoms with Crippen molar-refractivity contribution < 1.29 is 4.79 Å². The predicted molar refractivity (Wildman–Crippen MR) is 91.2 cm³/mol. The molecule has 1 amide bonds. The summed E-state index contributed by atoms with van der Waals surface area (Å²) in [6, 6.07) is 1.98. The number of hydrogen-bond acceptors (Lipinski definition) is 5. The molecule has 5 nitrogen and oxygen atoms in total. The SMILES string of the molecule is Cn1ncc(C(N)=S)c1NC(=O)c1cc2c(s1)CCSC2. The van der Waals surface area contributed by atoms with Gasteiger partial charge in [0.25, 0.3) is 5.91 Å². The second kappa shape index (κ2) is 5.78. The second-order valence-electron chi connectivity index (χ2n) is 4.71. The maximum atomic E-state index is 12.4. The van der Waals surface area contributed by atoms with E-state index in [-0.39, 0.29) is 10.9 Å². The van der Waals surface area contributed by atoms with E-state index in [9.17, 15) is 4.79 Å². The van der Waals surface area contributed by atoms with Crippen LogP contribution in [-0.4, -0.2) is 26.4 Å². The van der Waals surface area contributed by atoms with Crippen molar-refractivity contribution in [3.63, 3.8) is 0 Å². The number of aromatic nitrogens is 2. The summed E-state index contributed by atoms with van der Waals surface area (Å²) in [5.41, 5.74) is 7.51. The van der Waals surface area contributed by atoms with E-state index in [1.165, 1.54) is 10.4 Å². The molecule has 0 atom stereocenters. The molecular formula is C13H14N4OS3. The fourth-order valence-electron chi connectivity index (χ4n) is 2.19. The molecule has 0 spiro atoms. The minimum Gasteiger partial charge on any atom is -0.389 e. The van der Waals surface area contributed by atoms with Crippen molar-refractivity contribution in [3.05, 3.63) is 33.1 Å². The van der Waals surface area contributed by atoms with Crippen molar-refractivity contribution in [1.82, 2.24) is 9.78 Å². The number of aryl methyl sites for hydroxylation is 2. The Morgan fingerprint density at radius 2 is 2.38 bits per heavy atom. The molecule has 0 bridgehead atoms. The van der Waals surface area contributed by atoms with Crippen LogP contribution in [0.1, 0.15) is 25.7 Å². The van der Waals surface area contributed by atoms with Gasteiger partial charge < -0.3 is 11.1 Å². The Morgan fingerprint density at radius 1 is 1.57 bits per heavy atom. The Bertz CT molecular complexity index is 696. The lowest BCUT2D eigenvalue weighted by Gasteiger charge is -2.08. The Labute approximate surface area is 135 Å². The molecule has 0 saturated heterocycles. The lowest BCUT2D eigenvalue weighted by atomic mass is 10.2. The van der Waals surface area contributed by atoms with Crippen molar-refractivity contribution >= 4 is 52.0 Å². The quantitative estimate of drug-likeness (QED) is 0.839. The zero-order valence-electron chi connectivity index (χ0n) is 11.4. The molecule has 0 radical (unpaired) electrons. The molecule has 0 aliphatic carbocycles. The monoisotopic (exact) mass is 338 g/mol. The van der Waals surface area contributed by atoms with Crippen LogP contribution in [0.2, 0.25) is 0 Å². The standard InChI is InChI=1S/C13H14N4OS3/c1-17-12(8(5-15-17)11(14)19)16-13(18)10-4-7-6-20-3-2-9(7)21-10/h4-5H,2-3,6H2,1H3,(H2,14,19)(H,16,18). The lowest BCUT2D eigenvalue weighted by molar-refractivity contribution is 0.102. The Hall–Kier alpha value is -1.38. The van der Waals surface area contributed by atoms with Gasteiger partial charge in [-0.25, -0.2) is 0 Å². The predicted octanol–water partition coefficient (Wildman–Crippen LogP) is 2.16. The van der Waals surface area contributed by atoms with Crippen molar-refractivity contribution in [2.24, 2.45) is 12.8 Å². The topological polar surface area (TPSA) is 72.9 Å². The average Bonchev–Trinajstić information content (AvgIpc) is 3.03. The summed E-state index contributed by atoms with van der Waals surface area (Å²) in [5.74, 6) is 2.51. The largest absolute Gasteiger partial charge is 0.389 e. The van der Waals surface area contributed by atoms with E-state index in [4.69, 9.17) is 18.0 Å². The summed E-state index contributed by atoms with van der Waals surface area (Å²) in [4.78, 5) is 14.7. The first kappa shape index (κ1) is 14.6. The maximum Gasteiger partial charge on any atom is 0.266 e. The normalized spacial score (nSPS) is 13.8. The first-order chi connectivity index (χ1) is 10.1. The van der Waals surface area contributed by atoms with E-state index < -0.39 is 0 Å². The highest BCUT2D eigenvalue weighted by Crippen LogP contribution is 2.32. The van der Waals surface area contributed by atoms with Crippen LogP contribution in [0.25, 0.3) is 0 Å². The molecule has 8 heteroatoms. The highest BCUT2D eigenvalue weighted by Gasteiger charge is 2.20. The number of thioether (sulfide) groups is 1. The third-order valence-electron chi connectivity index (χ3n) is 3.29. The van der Waals surface area contributed by atoms with Gasteiger partial charge in [0.1, 0.15) is 10.8 Å². The van der Waals surface area contributed by atoms with E-state index >= 15 is 0 Å². The molecular weight excluding hydrogens is 324 g/mol. The molecule has 0 unspecified atom stereocenters. The first-order valence-electron chi connectivity index (χ1n) is 6.38. The van der Waals surface area contributed by atoms with Gasteiger partial charge in [0.2, 0.25) is 0 Å². The molecule has 3 rings (SSSR count). The van der Waals surface area contributed by atoms with Crippen molar-refractivity contribution in [3.8, 4) is 0 Å². The smallest absolute Gasteiger partial charge is 0.266 e. The minimum absolute atomic E-state index is 0.138. The second-order valence-corrected chi connectivity index (χ2v) is 7.39. The van der Waals surface area contributed by atoms with E-state index in [0.717, 1.165) is 22.8 Å². The van der Waals surface area contributed by atoms with Crippen LogP contribution in [0.4, 0.5) is 5.82 Å². The number of thiophene rings is 1. The molecule has 3 N–H and O–H groups in total. The molecule has 0 saturated carbocycles. The van der Waals surface area contributed by atoms with E-state index in [1.807, 2.05) is 17.8 Å². The molecule has 0 aromatic carbocycles. The van der Waals surface area contributed by atoms with Gasteiger partial charge in [-0.1, -0.05) is 12.2 Å². The average molecular weight is 338 g/mol. The molecule has 21 heavy (non-hydrogen) atoms. The maximum absolute atomic E-state index is 12.4. The van der Waals surface area contributed by atoms with E-state index in [1.54, 1.807) is 29.3 Å². The molecule has 3 heterocycles. The van der Waals surface area contributed by atoms with Gasteiger partial charge in [0.05, 0.1) is 16.6 Å². The molecule has 2 aromatic heterocycles. The van der Waals surface area contributed by atoms with Crippen LogP contribution in [0, 0.1) is 0 Å². The summed E-state index contributed by atoms with van der Waals surface area (Å²) < 4.78 is 1.57. The van der Waals surface area contributed by atoms with Crippen molar-refractivity contribution in [2.75, 3.05) is 11.1 Å². The summed E-state index contributed by atoms with van der Waals surface area (Å²) in [5, 5.41) is 6.95. The summed E-state index contributed by atoms with van der Waals surface area (Å²) in [7, 11) is 1.74. The van der Waals surface area contributed by atoms with Gasteiger partial charge in [0.15, 0.2) is 0 Å². The highest BCUT2D eigenvalue weighted by atomic mass is 32.2. The minimum atomic E-state index is -0.138. The van der Waals surface area contributed by atoms with Crippen LogP contribution in [0.15, 0.2) is 12.3 Å². The number of anilines is 1. The van der Waals surface area contributed by atoms with Crippen molar-refractivity contribution in [2.45, 2.75) is 12.2 Å². The number of nitrogens with two attached hydrogens (primary N) is 1. The zero-order chi connectivity index (χ0) is 15.0. The Morgan fingerprint density at radius 3 is 3.10 bits per heavy atom. The van der Waals surface area contributed by atoms with Crippen LogP contribution < -0.4 is 11.1 Å². The van der Waals surface area contributed by atoms with Crippen LogP contribution in [-0.2, 0) is 19.2 Å². The summed E-state index contributed by atoms with van der Waals surface area (Å²) in [6.45, 7) is 0. The van der Waals surface area contributed by atoms with Crippen LogP contribution in [0.5, 0.6) is 0 Å². The van der Waals surface area contributed by atoms with E-state index in [2.05, 4.69) is 10.4 Å². The van der Waals surface area contributed by atoms with Crippen molar-refractivity contribution in [1.29, 1.82) is 0 Å². The third kappa shape index (κ3) is 2.83. The zero-order valence-corrected chi connectivity index (χ0v) is 13.8. The Balaban J connectivity index is 1.85. The number of amides is 1. The number of fused-ring (bicyclic) bond motifs is 1. The van der Waals surface area contributed by atoms with Gasteiger partial charge in [-0.3, -0.25) is 9.48 Å². The van der Waals surface area contributed by atoms with Gasteiger partial charge in [-0.15, -0.1) is 11.3 Å². The van der Waals surface area contributed by atoms with Gasteiger partial charge in [0, 0.05) is 17.7 Å². The highest BCUT2D eigenvalue weighted by molar-refractivity contribution is 7.98. The number of carbonyl (C=O) groups is 1.